The number of unbranched alkanes of at least 4 members (excludes halogenated alkanes) is 7. The minimum absolute atomic E-state index is 0.0605. The minimum Gasteiger partial charge on any atom is -0.494 e. The smallest absolute Gasteiger partial charge is 0.333 e. The average molecular weight is 1540 g/mol. The summed E-state index contributed by atoms with van der Waals surface area (Å²) in [5, 5.41) is 0. The molecule has 3 spiro atoms. The van der Waals surface area contributed by atoms with Crippen molar-refractivity contribution in [3.63, 3.8) is 0 Å². The van der Waals surface area contributed by atoms with Crippen LogP contribution < -0.4 is 4.74 Å². The monoisotopic (exact) mass is 1540 g/mol. The molecule has 0 saturated heterocycles. The van der Waals surface area contributed by atoms with E-state index in [0.29, 0.717) is 23.0 Å². The summed E-state index contributed by atoms with van der Waals surface area (Å²) in [7, 11) is 0. The van der Waals surface area contributed by atoms with Crippen LogP contribution in [0.15, 0.2) is 170 Å². The molecule has 6 saturated carbocycles. The zero-order chi connectivity index (χ0) is 76.6. The molecule has 7 aromatic carbocycles. The Kier molecular flexibility index (Phi) is 19.2. The van der Waals surface area contributed by atoms with E-state index in [-0.39, 0.29) is 43.9 Å². The molecule has 19 rings (SSSR count). The fourth-order valence-electron chi connectivity index (χ4n) is 28.4. The molecule has 6 fully saturated rings. The van der Waals surface area contributed by atoms with E-state index < -0.39 is 0 Å². The van der Waals surface area contributed by atoms with Crippen LogP contribution in [0.1, 0.15) is 293 Å². The maximum Gasteiger partial charge on any atom is 0.333 e. The average Bonchev–Trinajstić information content (AvgIpc) is 1.47. The molecule has 9 aliphatic carbocycles. The maximum atomic E-state index is 11.6. The largest absolute Gasteiger partial charge is 0.494 e. The van der Waals surface area contributed by atoms with Gasteiger partial charge in [0.1, 0.15) is 5.75 Å². The molecular weight excluding hydrogens is 1420 g/mol. The van der Waals surface area contributed by atoms with Crippen molar-refractivity contribution in [2.24, 2.45) is 32.5 Å². The van der Waals surface area contributed by atoms with Crippen LogP contribution in [0.3, 0.4) is 0 Å². The Balaban J connectivity index is 0.623. The van der Waals surface area contributed by atoms with E-state index in [1.165, 1.54) is 287 Å². The Hall–Kier alpha value is -7.09. The quantitative estimate of drug-likeness (QED) is 0.0344. The molecule has 0 unspecified atom stereocenters. The van der Waals surface area contributed by atoms with Crippen LogP contribution in [0, 0.1) is 39.4 Å². The zero-order valence-corrected chi connectivity index (χ0v) is 71.2. The summed E-state index contributed by atoms with van der Waals surface area (Å²) in [6.07, 6.45) is 40.6. The lowest BCUT2D eigenvalue weighted by molar-refractivity contribution is -0.139. The Morgan fingerprint density at radius 3 is 1.15 bits per heavy atom. The third-order valence-corrected chi connectivity index (χ3v) is 36.1. The first-order valence-electron chi connectivity index (χ1n) is 44.6. The van der Waals surface area contributed by atoms with E-state index in [1.54, 1.807) is 40.3 Å². The SMILES string of the molecule is C=C(C)C(=O)OCCCCCCCCCCOc1ccc(-c2ccc(-c3ccc4c(c3)C3(c5cc(-c6ccc7c(c6)C6(c8cc(-c9cc%10sc(-c%11ccc%12c(c%11)C%11(c%13cc(C)ccc%13-%12)C%12(CCC)CCCC%11(CCC)CCC%12)cc%10s9)ccc8-7)C7(CC)CCCC6(CC)CCC7)ccc5-4)C4(C)CCCC3(C)CCC4)s2)cc1. The van der Waals surface area contributed by atoms with Gasteiger partial charge >= 0.3 is 5.97 Å². The van der Waals surface area contributed by atoms with Gasteiger partial charge in [-0.25, -0.2) is 4.79 Å². The summed E-state index contributed by atoms with van der Waals surface area (Å²) in [5.74, 6) is 0.671. The van der Waals surface area contributed by atoms with Crippen LogP contribution >= 0.6 is 34.0 Å². The van der Waals surface area contributed by atoms with Gasteiger partial charge in [0.05, 0.1) is 13.2 Å². The van der Waals surface area contributed by atoms with Crippen LogP contribution in [0.4, 0.5) is 0 Å². The molecule has 0 radical (unpaired) electrons. The van der Waals surface area contributed by atoms with Crippen molar-refractivity contribution in [1.29, 1.82) is 0 Å². The van der Waals surface area contributed by atoms with Crippen LogP contribution in [0.2, 0.25) is 0 Å². The first kappa shape index (κ1) is 75.0. The molecule has 0 amide bonds. The molecule has 6 heteroatoms. The van der Waals surface area contributed by atoms with E-state index >= 15 is 0 Å². The number of rotatable bonds is 24. The van der Waals surface area contributed by atoms with E-state index in [2.05, 4.69) is 235 Å². The number of hydrogen-bond donors (Lipinski definition) is 0. The van der Waals surface area contributed by atoms with Gasteiger partial charge in [-0.1, -0.05) is 222 Å². The van der Waals surface area contributed by atoms with Crippen LogP contribution in [0.25, 0.3) is 95.7 Å². The first-order chi connectivity index (χ1) is 54.5. The molecule has 9 aliphatic rings. The van der Waals surface area contributed by atoms with Crippen molar-refractivity contribution in [3.05, 3.63) is 209 Å². The Labute approximate surface area is 682 Å². The summed E-state index contributed by atoms with van der Waals surface area (Å²) >= 11 is 6.04. The maximum absolute atomic E-state index is 11.6. The number of esters is 1. The van der Waals surface area contributed by atoms with Gasteiger partial charge in [0.25, 0.3) is 0 Å². The standard InChI is InChI=1S/C106H120O3S3/c1-10-46-102-56-26-58-103(47-11-2,59-27-57-102)106(102)85-62-71(7)28-38-79(85)83-42-34-77(67-90(83)106)94-69-96-95(112-94)68-93(111-96)76-35-43-84-82-40-32-74(64-88(82)105(89(84)66-76)100(12-3)52-24-54-101(105,13-4)55-25-53-100)73-31-39-80-81-41-33-75(65-87(81)104(86(80)63-73)98(8)48-22-50-99(104,9)51-23-49-98)92-45-44-91(110-92)72-29-36-78(37-30-72)108-60-20-18-16-14-15-17-19-21-61-109-97(107)70(5)6/h28-45,62-69H,5,10-27,46-61H2,1-4,6-9H3. The lowest BCUT2D eigenvalue weighted by Crippen LogP contribution is -2.62. The van der Waals surface area contributed by atoms with Gasteiger partial charge in [0, 0.05) is 50.7 Å². The number of fused-ring (bicyclic) bond motifs is 10. The summed E-state index contributed by atoms with van der Waals surface area (Å²) in [5.41, 5.74) is 30.2. The summed E-state index contributed by atoms with van der Waals surface area (Å²) in [6, 6.07) is 65.8. The van der Waals surface area contributed by atoms with Crippen molar-refractivity contribution in [3.8, 4) is 92.0 Å². The number of benzene rings is 7. The van der Waals surface area contributed by atoms with Crippen molar-refractivity contribution in [1.82, 2.24) is 0 Å². The van der Waals surface area contributed by atoms with Crippen LogP contribution in [-0.4, -0.2) is 19.2 Å². The molecule has 6 bridgehead atoms. The van der Waals surface area contributed by atoms with Gasteiger partial charge in [0.2, 0.25) is 0 Å². The molecule has 112 heavy (non-hydrogen) atoms. The second-order valence-electron chi connectivity index (χ2n) is 37.9. The molecule has 0 N–H and O–H groups in total. The van der Waals surface area contributed by atoms with Crippen molar-refractivity contribution in [2.45, 2.75) is 277 Å². The number of hydrogen-bond acceptors (Lipinski definition) is 6. The third kappa shape index (κ3) is 10.9. The highest BCUT2D eigenvalue weighted by Crippen LogP contribution is 2.80. The highest BCUT2D eigenvalue weighted by Gasteiger charge is 2.72. The molecule has 3 nitrogen and oxygen atoms in total. The van der Waals surface area contributed by atoms with E-state index in [9.17, 15) is 4.79 Å². The predicted molar refractivity (Wildman–Crippen MR) is 476 cm³/mol. The normalized spacial score (nSPS) is 28.0. The molecule has 580 valence electrons. The van der Waals surface area contributed by atoms with E-state index in [0.717, 1.165) is 31.6 Å². The van der Waals surface area contributed by atoms with Gasteiger partial charge in [-0.15, -0.1) is 34.0 Å². The highest BCUT2D eigenvalue weighted by atomic mass is 32.1. The zero-order valence-electron chi connectivity index (χ0n) is 68.7. The van der Waals surface area contributed by atoms with Crippen LogP contribution in [0.5, 0.6) is 5.75 Å². The molecule has 0 aliphatic heterocycles. The first-order valence-corrected chi connectivity index (χ1v) is 47.0. The molecular formula is C106H120O3S3. The summed E-state index contributed by atoms with van der Waals surface area (Å²) in [6.45, 7) is 24.6. The molecule has 3 aromatic heterocycles. The summed E-state index contributed by atoms with van der Waals surface area (Å²) < 4.78 is 14.4. The number of aryl methyl sites for hydroxylation is 1. The third-order valence-electron chi connectivity index (χ3n) is 32.6. The van der Waals surface area contributed by atoms with Gasteiger partial charge < -0.3 is 9.47 Å². The van der Waals surface area contributed by atoms with Gasteiger partial charge in [-0.3, -0.25) is 0 Å². The molecule has 10 aromatic rings. The number of ether oxygens (including phenoxy) is 2. The Morgan fingerprint density at radius 2 is 0.714 bits per heavy atom. The lowest BCUT2D eigenvalue weighted by atomic mass is 9.36. The number of carbonyl (C=O) groups excluding carboxylic acids is 1. The molecule has 3 heterocycles. The second kappa shape index (κ2) is 28.7. The Morgan fingerprint density at radius 1 is 0.366 bits per heavy atom. The minimum atomic E-state index is -0.278. The molecule has 0 atom stereocenters. The predicted octanol–water partition coefficient (Wildman–Crippen LogP) is 31.6. The van der Waals surface area contributed by atoms with Gasteiger partial charge in [-0.05, 0) is 341 Å². The van der Waals surface area contributed by atoms with Gasteiger partial charge in [0.15, 0.2) is 0 Å². The topological polar surface area (TPSA) is 35.5 Å². The summed E-state index contributed by atoms with van der Waals surface area (Å²) in [4.78, 5) is 17.1. The van der Waals surface area contributed by atoms with E-state index in [4.69, 9.17) is 9.47 Å². The lowest BCUT2D eigenvalue weighted by Gasteiger charge is -2.67. The number of carbonyl (C=O) groups is 1. The van der Waals surface area contributed by atoms with Gasteiger partial charge in [-0.2, -0.15) is 0 Å². The van der Waals surface area contributed by atoms with Crippen molar-refractivity contribution >= 4 is 49.4 Å². The van der Waals surface area contributed by atoms with Crippen molar-refractivity contribution in [2.75, 3.05) is 13.2 Å². The Bertz CT molecular complexity index is 5170. The fourth-order valence-corrected chi connectivity index (χ4v) is 31.8. The van der Waals surface area contributed by atoms with Crippen LogP contribution in [-0.2, 0) is 25.8 Å². The second-order valence-corrected chi connectivity index (χ2v) is 41.2. The number of thiophene rings is 3. The fraction of sp³-hybridized carbons (Fsp3) is 0.481. The van der Waals surface area contributed by atoms with Crippen molar-refractivity contribution < 1.29 is 14.3 Å². The van der Waals surface area contributed by atoms with E-state index in [1.807, 2.05) is 11.3 Å². The highest BCUT2D eigenvalue weighted by molar-refractivity contribution is 7.31.